The first kappa shape index (κ1) is 14.8. The summed E-state index contributed by atoms with van der Waals surface area (Å²) in [6.45, 7) is 8.36. The van der Waals surface area contributed by atoms with Crippen molar-refractivity contribution in [3.63, 3.8) is 0 Å². The molecule has 0 radical (unpaired) electrons. The average molecular weight is 258 g/mol. The van der Waals surface area contributed by atoms with Crippen LogP contribution in [0.2, 0.25) is 0 Å². The predicted molar refractivity (Wildman–Crippen MR) is 75.1 cm³/mol. The van der Waals surface area contributed by atoms with E-state index in [0.29, 0.717) is 23.5 Å². The minimum atomic E-state index is 0.243. The second kappa shape index (κ2) is 7.27. The normalized spacial score (nSPS) is 26.9. The standard InChI is InChI=1S/C13H26N2OS/c1-10-6-11(2)8-15(7-10)13(16)9-17-5-4-12(3)14/h10-12H,4-9,14H2,1-3H3. The molecule has 0 aromatic heterocycles. The Bertz CT molecular complexity index is 236. The number of likely N-dealkylation sites (tertiary alicyclic amines) is 1. The van der Waals surface area contributed by atoms with Crippen molar-refractivity contribution >= 4 is 17.7 Å². The molecule has 1 aliphatic rings. The number of carbonyl (C=O) groups is 1. The molecule has 0 aromatic rings. The van der Waals surface area contributed by atoms with Gasteiger partial charge in [0.05, 0.1) is 5.75 Å². The number of hydrogen-bond donors (Lipinski definition) is 1. The van der Waals surface area contributed by atoms with Gasteiger partial charge in [0.15, 0.2) is 0 Å². The van der Waals surface area contributed by atoms with E-state index in [1.54, 1.807) is 11.8 Å². The summed E-state index contributed by atoms with van der Waals surface area (Å²) < 4.78 is 0. The lowest BCUT2D eigenvalue weighted by Gasteiger charge is -2.35. The van der Waals surface area contributed by atoms with E-state index in [4.69, 9.17) is 5.73 Å². The van der Waals surface area contributed by atoms with Crippen LogP contribution in [-0.2, 0) is 4.79 Å². The summed E-state index contributed by atoms with van der Waals surface area (Å²) in [6, 6.07) is 0.243. The van der Waals surface area contributed by atoms with Crippen molar-refractivity contribution in [2.75, 3.05) is 24.6 Å². The van der Waals surface area contributed by atoms with Crippen LogP contribution >= 0.6 is 11.8 Å². The van der Waals surface area contributed by atoms with E-state index in [2.05, 4.69) is 13.8 Å². The molecule has 3 unspecified atom stereocenters. The third-order valence-corrected chi connectivity index (χ3v) is 4.14. The van der Waals surface area contributed by atoms with Crippen molar-refractivity contribution in [1.82, 2.24) is 4.90 Å². The van der Waals surface area contributed by atoms with Crippen LogP contribution in [0.3, 0.4) is 0 Å². The lowest BCUT2D eigenvalue weighted by molar-refractivity contribution is -0.130. The van der Waals surface area contributed by atoms with Gasteiger partial charge in [-0.1, -0.05) is 13.8 Å². The van der Waals surface area contributed by atoms with E-state index in [1.165, 1.54) is 6.42 Å². The maximum Gasteiger partial charge on any atom is 0.232 e. The zero-order chi connectivity index (χ0) is 12.8. The Labute approximate surface area is 109 Å². The summed E-state index contributed by atoms with van der Waals surface area (Å²) in [5.41, 5.74) is 5.68. The highest BCUT2D eigenvalue weighted by Crippen LogP contribution is 2.21. The lowest BCUT2D eigenvalue weighted by Crippen LogP contribution is -2.43. The summed E-state index contributed by atoms with van der Waals surface area (Å²) in [6.07, 6.45) is 2.24. The van der Waals surface area contributed by atoms with Crippen LogP contribution in [0, 0.1) is 11.8 Å². The number of amides is 1. The van der Waals surface area contributed by atoms with E-state index >= 15 is 0 Å². The molecule has 4 heteroatoms. The molecule has 17 heavy (non-hydrogen) atoms. The van der Waals surface area contributed by atoms with Gasteiger partial charge in [-0.2, -0.15) is 11.8 Å². The van der Waals surface area contributed by atoms with Crippen LogP contribution < -0.4 is 5.73 Å². The summed E-state index contributed by atoms with van der Waals surface area (Å²) >= 11 is 1.71. The van der Waals surface area contributed by atoms with Crippen LogP contribution in [0.5, 0.6) is 0 Å². The topological polar surface area (TPSA) is 46.3 Å². The molecule has 0 saturated carbocycles. The van der Waals surface area contributed by atoms with Crippen molar-refractivity contribution < 1.29 is 4.79 Å². The van der Waals surface area contributed by atoms with Crippen LogP contribution in [-0.4, -0.2) is 41.4 Å². The fourth-order valence-corrected chi connectivity index (χ4v) is 3.43. The Morgan fingerprint density at radius 1 is 1.41 bits per heavy atom. The molecule has 3 atom stereocenters. The van der Waals surface area contributed by atoms with Gasteiger partial charge in [-0.25, -0.2) is 0 Å². The Hall–Kier alpha value is -0.220. The average Bonchev–Trinajstić information content (AvgIpc) is 2.22. The Morgan fingerprint density at radius 3 is 2.53 bits per heavy atom. The molecule has 1 heterocycles. The van der Waals surface area contributed by atoms with Gasteiger partial charge in [0.2, 0.25) is 5.91 Å². The molecule has 1 aliphatic heterocycles. The lowest BCUT2D eigenvalue weighted by atomic mass is 9.92. The molecule has 0 aromatic carbocycles. The number of thioether (sulfide) groups is 1. The zero-order valence-electron chi connectivity index (χ0n) is 11.3. The van der Waals surface area contributed by atoms with Gasteiger partial charge in [-0.3, -0.25) is 4.79 Å². The molecule has 3 nitrogen and oxygen atoms in total. The van der Waals surface area contributed by atoms with E-state index in [0.717, 1.165) is 25.3 Å². The fraction of sp³-hybridized carbons (Fsp3) is 0.923. The Morgan fingerprint density at radius 2 is 2.00 bits per heavy atom. The van der Waals surface area contributed by atoms with Crippen LogP contribution in [0.1, 0.15) is 33.6 Å². The molecular formula is C13H26N2OS. The van der Waals surface area contributed by atoms with Crippen molar-refractivity contribution in [2.45, 2.75) is 39.7 Å². The third kappa shape index (κ3) is 5.77. The van der Waals surface area contributed by atoms with E-state index in [1.807, 2.05) is 11.8 Å². The molecule has 0 spiro atoms. The molecule has 0 bridgehead atoms. The van der Waals surface area contributed by atoms with Gasteiger partial charge in [-0.05, 0) is 37.4 Å². The van der Waals surface area contributed by atoms with Gasteiger partial charge < -0.3 is 10.6 Å². The second-order valence-corrected chi connectivity index (χ2v) is 6.67. The maximum absolute atomic E-state index is 12.0. The van der Waals surface area contributed by atoms with Gasteiger partial charge in [-0.15, -0.1) is 0 Å². The number of carbonyl (C=O) groups excluding carboxylic acids is 1. The van der Waals surface area contributed by atoms with E-state index in [-0.39, 0.29) is 6.04 Å². The highest BCUT2D eigenvalue weighted by atomic mass is 32.2. The molecule has 0 aliphatic carbocycles. The highest BCUT2D eigenvalue weighted by Gasteiger charge is 2.24. The number of rotatable bonds is 5. The fourth-order valence-electron chi connectivity index (χ4n) is 2.39. The number of hydrogen-bond acceptors (Lipinski definition) is 3. The van der Waals surface area contributed by atoms with Crippen molar-refractivity contribution in [1.29, 1.82) is 0 Å². The van der Waals surface area contributed by atoms with Crippen LogP contribution in [0.4, 0.5) is 0 Å². The van der Waals surface area contributed by atoms with Crippen molar-refractivity contribution in [3.05, 3.63) is 0 Å². The monoisotopic (exact) mass is 258 g/mol. The molecule has 1 saturated heterocycles. The third-order valence-electron chi connectivity index (χ3n) is 3.16. The number of nitrogens with zero attached hydrogens (tertiary/aromatic N) is 1. The summed E-state index contributed by atoms with van der Waals surface area (Å²) in [4.78, 5) is 14.0. The zero-order valence-corrected chi connectivity index (χ0v) is 12.1. The SMILES string of the molecule is CC(N)CCSCC(=O)N1CC(C)CC(C)C1. The molecule has 1 rings (SSSR count). The molecule has 1 fully saturated rings. The summed E-state index contributed by atoms with van der Waals surface area (Å²) in [7, 11) is 0. The van der Waals surface area contributed by atoms with Gasteiger partial charge >= 0.3 is 0 Å². The largest absolute Gasteiger partial charge is 0.341 e. The first-order valence-electron chi connectivity index (χ1n) is 6.60. The molecular weight excluding hydrogens is 232 g/mol. The predicted octanol–water partition coefficient (Wildman–Crippen LogP) is 1.96. The second-order valence-electron chi connectivity index (χ2n) is 5.56. The Balaban J connectivity index is 2.22. The number of nitrogens with two attached hydrogens (primary N) is 1. The van der Waals surface area contributed by atoms with Crippen LogP contribution in [0.15, 0.2) is 0 Å². The van der Waals surface area contributed by atoms with E-state index in [9.17, 15) is 4.79 Å². The maximum atomic E-state index is 12.0. The van der Waals surface area contributed by atoms with Crippen LogP contribution in [0.25, 0.3) is 0 Å². The molecule has 1 amide bonds. The smallest absolute Gasteiger partial charge is 0.232 e. The first-order valence-corrected chi connectivity index (χ1v) is 7.75. The van der Waals surface area contributed by atoms with Gasteiger partial charge in [0.1, 0.15) is 0 Å². The van der Waals surface area contributed by atoms with Crippen molar-refractivity contribution in [3.8, 4) is 0 Å². The minimum Gasteiger partial charge on any atom is -0.341 e. The Kier molecular flexibility index (Phi) is 6.34. The number of piperidine rings is 1. The minimum absolute atomic E-state index is 0.243. The van der Waals surface area contributed by atoms with E-state index < -0.39 is 0 Å². The van der Waals surface area contributed by atoms with Gasteiger partial charge in [0, 0.05) is 19.1 Å². The highest BCUT2D eigenvalue weighted by molar-refractivity contribution is 7.99. The molecule has 100 valence electrons. The summed E-state index contributed by atoms with van der Waals surface area (Å²) in [5, 5.41) is 0. The quantitative estimate of drug-likeness (QED) is 0.767. The first-order chi connectivity index (χ1) is 7.99. The molecule has 2 N–H and O–H groups in total. The van der Waals surface area contributed by atoms with Gasteiger partial charge in [0.25, 0.3) is 0 Å². The summed E-state index contributed by atoms with van der Waals surface area (Å²) in [5.74, 6) is 3.21. The van der Waals surface area contributed by atoms with Crippen molar-refractivity contribution in [2.24, 2.45) is 17.6 Å².